The normalized spacial score (nSPS) is 11.3. The number of nitrogens with zero attached hydrogens (tertiary/aromatic N) is 1. The number of halogens is 1. The molecular formula is C20H26ClN3O4S. The second-order valence-corrected chi connectivity index (χ2v) is 8.32. The van der Waals surface area contributed by atoms with Crippen molar-refractivity contribution >= 4 is 33.2 Å². The van der Waals surface area contributed by atoms with E-state index in [-0.39, 0.29) is 21.4 Å². The topological polar surface area (TPSA) is 87.7 Å². The van der Waals surface area contributed by atoms with Gasteiger partial charge < -0.3 is 15.0 Å². The zero-order valence-electron chi connectivity index (χ0n) is 16.7. The van der Waals surface area contributed by atoms with E-state index in [0.717, 1.165) is 19.6 Å². The Balaban J connectivity index is 2.14. The highest BCUT2D eigenvalue weighted by atomic mass is 35.5. The van der Waals surface area contributed by atoms with Crippen molar-refractivity contribution in [3.63, 3.8) is 0 Å². The molecule has 29 heavy (non-hydrogen) atoms. The minimum atomic E-state index is -3.97. The first-order valence-electron chi connectivity index (χ1n) is 9.27. The van der Waals surface area contributed by atoms with Gasteiger partial charge in [-0.2, -0.15) is 0 Å². The number of sulfonamides is 1. The third kappa shape index (κ3) is 6.35. The predicted molar refractivity (Wildman–Crippen MR) is 115 cm³/mol. The van der Waals surface area contributed by atoms with Crippen LogP contribution in [0.4, 0.5) is 5.69 Å². The van der Waals surface area contributed by atoms with Crippen LogP contribution in [0.3, 0.4) is 0 Å². The van der Waals surface area contributed by atoms with Crippen LogP contribution in [0.15, 0.2) is 47.4 Å². The van der Waals surface area contributed by atoms with Crippen molar-refractivity contribution in [1.82, 2.24) is 10.2 Å². The number of anilines is 1. The fourth-order valence-corrected chi connectivity index (χ4v) is 4.27. The van der Waals surface area contributed by atoms with Gasteiger partial charge in [-0.15, -0.1) is 0 Å². The molecule has 2 rings (SSSR count). The molecular weight excluding hydrogens is 414 g/mol. The van der Waals surface area contributed by atoms with Crippen LogP contribution >= 0.6 is 11.6 Å². The average molecular weight is 440 g/mol. The van der Waals surface area contributed by atoms with Gasteiger partial charge in [0.2, 0.25) is 0 Å². The summed E-state index contributed by atoms with van der Waals surface area (Å²) < 4.78 is 33.1. The maximum absolute atomic E-state index is 12.8. The first-order chi connectivity index (χ1) is 13.8. The number of methoxy groups -OCH3 is 1. The second kappa shape index (κ2) is 10.5. The molecule has 2 aromatic rings. The van der Waals surface area contributed by atoms with Crippen LogP contribution in [0.5, 0.6) is 5.75 Å². The summed E-state index contributed by atoms with van der Waals surface area (Å²) in [4.78, 5) is 14.4. The maximum atomic E-state index is 12.8. The minimum absolute atomic E-state index is 0.0331. The van der Waals surface area contributed by atoms with Gasteiger partial charge in [-0.25, -0.2) is 8.42 Å². The zero-order chi connectivity index (χ0) is 21.4. The number of amides is 1. The molecule has 2 N–H and O–H groups in total. The Morgan fingerprint density at radius 3 is 2.34 bits per heavy atom. The monoisotopic (exact) mass is 439 g/mol. The first-order valence-corrected chi connectivity index (χ1v) is 11.1. The maximum Gasteiger partial charge on any atom is 0.263 e. The van der Waals surface area contributed by atoms with E-state index in [1.807, 2.05) is 0 Å². The minimum Gasteiger partial charge on any atom is -0.497 e. The molecule has 0 unspecified atom stereocenters. The number of hydrogen-bond donors (Lipinski definition) is 2. The Morgan fingerprint density at radius 1 is 1.10 bits per heavy atom. The Morgan fingerprint density at radius 2 is 1.76 bits per heavy atom. The Hall–Kier alpha value is -2.29. The van der Waals surface area contributed by atoms with Crippen molar-refractivity contribution < 1.29 is 17.9 Å². The molecule has 7 nitrogen and oxygen atoms in total. The lowest BCUT2D eigenvalue weighted by molar-refractivity contribution is 0.0948. The molecule has 158 valence electrons. The van der Waals surface area contributed by atoms with Crippen LogP contribution in [-0.2, 0) is 10.0 Å². The third-order valence-electron chi connectivity index (χ3n) is 4.43. The summed E-state index contributed by atoms with van der Waals surface area (Å²) in [6, 6.07) is 10.6. The SMILES string of the molecule is CCN(CC)CCNC(=O)c1ccc(Cl)c(S(=O)(=O)Nc2ccc(OC)cc2)c1. The smallest absolute Gasteiger partial charge is 0.263 e. The van der Waals surface area contributed by atoms with Crippen LogP contribution in [-0.4, -0.2) is 52.5 Å². The van der Waals surface area contributed by atoms with Gasteiger partial charge in [0, 0.05) is 24.3 Å². The molecule has 9 heteroatoms. The van der Waals surface area contributed by atoms with Crippen LogP contribution in [0.25, 0.3) is 0 Å². The lowest BCUT2D eigenvalue weighted by Crippen LogP contribution is -2.34. The number of hydrogen-bond acceptors (Lipinski definition) is 5. The molecule has 2 aromatic carbocycles. The second-order valence-electron chi connectivity index (χ2n) is 6.26. The molecule has 0 aliphatic rings. The first kappa shape index (κ1) is 23.0. The van der Waals surface area contributed by atoms with Gasteiger partial charge in [0.05, 0.1) is 12.1 Å². The number of ether oxygens (including phenoxy) is 1. The molecule has 0 aromatic heterocycles. The third-order valence-corrected chi connectivity index (χ3v) is 6.30. The number of nitrogens with one attached hydrogen (secondary N) is 2. The quantitative estimate of drug-likeness (QED) is 0.593. The molecule has 0 fully saturated rings. The van der Waals surface area contributed by atoms with Gasteiger partial charge in [0.25, 0.3) is 15.9 Å². The molecule has 0 aliphatic carbocycles. The molecule has 0 saturated heterocycles. The van der Waals surface area contributed by atoms with Crippen LogP contribution in [0.1, 0.15) is 24.2 Å². The molecule has 0 saturated carbocycles. The average Bonchev–Trinajstić information content (AvgIpc) is 2.71. The molecule has 0 radical (unpaired) electrons. The summed E-state index contributed by atoms with van der Waals surface area (Å²) >= 11 is 6.11. The summed E-state index contributed by atoms with van der Waals surface area (Å²) in [5, 5.41) is 2.84. The van der Waals surface area contributed by atoms with Crippen molar-refractivity contribution in [2.45, 2.75) is 18.7 Å². The van der Waals surface area contributed by atoms with E-state index in [9.17, 15) is 13.2 Å². The van der Waals surface area contributed by atoms with E-state index in [0.29, 0.717) is 18.0 Å². The summed E-state index contributed by atoms with van der Waals surface area (Å²) in [7, 11) is -2.45. The van der Waals surface area contributed by atoms with Crippen molar-refractivity contribution in [3.05, 3.63) is 53.1 Å². The highest BCUT2D eigenvalue weighted by molar-refractivity contribution is 7.92. The Kier molecular flexibility index (Phi) is 8.31. The van der Waals surface area contributed by atoms with Gasteiger partial charge >= 0.3 is 0 Å². The van der Waals surface area contributed by atoms with E-state index in [4.69, 9.17) is 16.3 Å². The van der Waals surface area contributed by atoms with E-state index >= 15 is 0 Å². The van der Waals surface area contributed by atoms with E-state index in [1.165, 1.54) is 25.3 Å². The predicted octanol–water partition coefficient (Wildman–Crippen LogP) is 3.22. The molecule has 0 bridgehead atoms. The van der Waals surface area contributed by atoms with Crippen molar-refractivity contribution in [1.29, 1.82) is 0 Å². The number of benzene rings is 2. The zero-order valence-corrected chi connectivity index (χ0v) is 18.3. The molecule has 0 aliphatic heterocycles. The van der Waals surface area contributed by atoms with Crippen molar-refractivity contribution in [2.24, 2.45) is 0 Å². The van der Waals surface area contributed by atoms with Gasteiger partial charge in [-0.05, 0) is 55.6 Å². The van der Waals surface area contributed by atoms with E-state index in [2.05, 4.69) is 28.8 Å². The Labute approximate surface area is 177 Å². The van der Waals surface area contributed by atoms with Crippen LogP contribution < -0.4 is 14.8 Å². The highest BCUT2D eigenvalue weighted by Gasteiger charge is 2.20. The lowest BCUT2D eigenvalue weighted by Gasteiger charge is -2.18. The molecule has 1 amide bonds. The van der Waals surface area contributed by atoms with E-state index < -0.39 is 10.0 Å². The summed E-state index contributed by atoms with van der Waals surface area (Å²) in [5.74, 6) is 0.254. The summed E-state index contributed by atoms with van der Waals surface area (Å²) in [5.41, 5.74) is 0.583. The molecule has 0 heterocycles. The summed E-state index contributed by atoms with van der Waals surface area (Å²) in [6.45, 7) is 7.08. The Bertz CT molecular complexity index is 929. The van der Waals surface area contributed by atoms with E-state index in [1.54, 1.807) is 24.3 Å². The van der Waals surface area contributed by atoms with Gasteiger partial charge in [0.15, 0.2) is 0 Å². The lowest BCUT2D eigenvalue weighted by atomic mass is 10.2. The van der Waals surface area contributed by atoms with Gasteiger partial charge in [-0.3, -0.25) is 9.52 Å². The number of carbonyl (C=O) groups excluding carboxylic acids is 1. The largest absolute Gasteiger partial charge is 0.497 e. The van der Waals surface area contributed by atoms with Crippen LogP contribution in [0.2, 0.25) is 5.02 Å². The van der Waals surface area contributed by atoms with Crippen molar-refractivity contribution in [3.8, 4) is 5.75 Å². The van der Waals surface area contributed by atoms with Crippen LogP contribution in [0, 0.1) is 0 Å². The van der Waals surface area contributed by atoms with Crippen molar-refractivity contribution in [2.75, 3.05) is 38.0 Å². The summed E-state index contributed by atoms with van der Waals surface area (Å²) in [6.07, 6.45) is 0. The standard InChI is InChI=1S/C20H26ClN3O4S/c1-4-24(5-2)13-12-22-20(25)15-6-11-18(21)19(14-15)29(26,27)23-16-7-9-17(28-3)10-8-16/h6-11,14,23H,4-5,12-13H2,1-3H3,(H,22,25). The fraction of sp³-hybridized carbons (Fsp3) is 0.350. The highest BCUT2D eigenvalue weighted by Crippen LogP contribution is 2.26. The van der Waals surface area contributed by atoms with Gasteiger partial charge in [-0.1, -0.05) is 25.4 Å². The van der Waals surface area contributed by atoms with Gasteiger partial charge in [0.1, 0.15) is 10.6 Å². The fourth-order valence-electron chi connectivity index (χ4n) is 2.69. The number of rotatable bonds is 10. The molecule has 0 spiro atoms. The number of carbonyl (C=O) groups is 1. The molecule has 0 atom stereocenters. The number of likely N-dealkylation sites (N-methyl/N-ethyl adjacent to an activating group) is 1.